The molecule has 0 bridgehead atoms. The molecule has 0 unspecified atom stereocenters. The van der Waals surface area contributed by atoms with Crippen LogP contribution in [0.5, 0.6) is 5.75 Å². The van der Waals surface area contributed by atoms with Crippen molar-refractivity contribution < 1.29 is 19.4 Å². The lowest BCUT2D eigenvalue weighted by atomic mass is 10.1. The van der Waals surface area contributed by atoms with Crippen molar-refractivity contribution in [3.63, 3.8) is 0 Å². The Hall–Kier alpha value is -2.82. The van der Waals surface area contributed by atoms with Gasteiger partial charge in [-0.2, -0.15) is 0 Å². The van der Waals surface area contributed by atoms with Crippen LogP contribution in [-0.4, -0.2) is 23.6 Å². The Morgan fingerprint density at radius 1 is 1.12 bits per heavy atom. The van der Waals surface area contributed by atoms with Gasteiger partial charge in [-0.3, -0.25) is 4.79 Å². The van der Waals surface area contributed by atoms with Crippen LogP contribution < -0.4 is 10.1 Å². The Balaban J connectivity index is 1.92. The van der Waals surface area contributed by atoms with E-state index in [1.807, 2.05) is 31.2 Å². The molecule has 0 saturated carbocycles. The zero-order valence-corrected chi connectivity index (χ0v) is 13.5. The number of hydrogen-bond donors (Lipinski definition) is 2. The van der Waals surface area contributed by atoms with Crippen LogP contribution in [0.4, 0.5) is 5.69 Å². The maximum atomic E-state index is 12.5. The summed E-state index contributed by atoms with van der Waals surface area (Å²) in [4.78, 5) is 23.2. The average Bonchev–Trinajstić information content (AvgIpc) is 3.00. The fourth-order valence-corrected chi connectivity index (χ4v) is 3.05. The molecule has 1 amide bonds. The van der Waals surface area contributed by atoms with Crippen LogP contribution in [0.25, 0.3) is 10.8 Å². The number of benzene rings is 2. The molecule has 1 aliphatic carbocycles. The molecular weight excluding hydrogens is 306 g/mol. The van der Waals surface area contributed by atoms with Crippen LogP contribution >= 0.6 is 0 Å². The van der Waals surface area contributed by atoms with Crippen LogP contribution in [0.3, 0.4) is 0 Å². The van der Waals surface area contributed by atoms with Crippen molar-refractivity contribution in [1.82, 2.24) is 0 Å². The standard InChI is InChI=1S/C19H19NO4/c1-12-5-4-8-13(12)19(23)20-16-9-10-17(24-11-18(21)22)15-7-3-2-6-14(15)16/h2-3,6-7,9-10H,4-5,8,11H2,1H3,(H,20,23)(H,21,22). The highest BCUT2D eigenvalue weighted by atomic mass is 16.5. The van der Waals surface area contributed by atoms with Crippen molar-refractivity contribution in [2.45, 2.75) is 26.2 Å². The monoisotopic (exact) mass is 325 g/mol. The van der Waals surface area contributed by atoms with Gasteiger partial charge in [-0.15, -0.1) is 0 Å². The first-order valence-electron chi connectivity index (χ1n) is 7.92. The molecule has 2 N–H and O–H groups in total. The summed E-state index contributed by atoms with van der Waals surface area (Å²) >= 11 is 0. The first kappa shape index (κ1) is 16.1. The molecule has 0 aromatic heterocycles. The summed E-state index contributed by atoms with van der Waals surface area (Å²) in [5.74, 6) is -0.600. The third-order valence-corrected chi connectivity index (χ3v) is 4.25. The van der Waals surface area contributed by atoms with E-state index in [2.05, 4.69) is 5.32 Å². The zero-order valence-electron chi connectivity index (χ0n) is 13.5. The molecule has 24 heavy (non-hydrogen) atoms. The predicted molar refractivity (Wildman–Crippen MR) is 92.3 cm³/mol. The summed E-state index contributed by atoms with van der Waals surface area (Å²) in [5, 5.41) is 13.4. The van der Waals surface area contributed by atoms with Gasteiger partial charge in [0.25, 0.3) is 5.91 Å². The van der Waals surface area contributed by atoms with Gasteiger partial charge in [0.05, 0.1) is 0 Å². The highest BCUT2D eigenvalue weighted by molar-refractivity contribution is 6.10. The third kappa shape index (κ3) is 3.25. The number of carbonyl (C=O) groups is 2. The summed E-state index contributed by atoms with van der Waals surface area (Å²) in [6, 6.07) is 10.9. The van der Waals surface area contributed by atoms with Gasteiger partial charge in [-0.1, -0.05) is 29.8 Å². The lowest BCUT2D eigenvalue weighted by Gasteiger charge is -2.13. The minimum absolute atomic E-state index is 0.0608. The maximum absolute atomic E-state index is 12.5. The van der Waals surface area contributed by atoms with Crippen molar-refractivity contribution in [3.8, 4) is 5.75 Å². The number of anilines is 1. The van der Waals surface area contributed by atoms with E-state index in [1.165, 1.54) is 0 Å². The molecule has 0 saturated heterocycles. The Labute approximate surface area is 139 Å². The smallest absolute Gasteiger partial charge is 0.341 e. The Bertz CT molecular complexity index is 838. The third-order valence-electron chi connectivity index (χ3n) is 4.25. The second-order valence-electron chi connectivity index (χ2n) is 5.91. The van der Waals surface area contributed by atoms with E-state index in [0.717, 1.165) is 41.2 Å². The highest BCUT2D eigenvalue weighted by Crippen LogP contribution is 2.33. The minimum Gasteiger partial charge on any atom is -0.481 e. The van der Waals surface area contributed by atoms with Gasteiger partial charge in [0.2, 0.25) is 0 Å². The van der Waals surface area contributed by atoms with Crippen molar-refractivity contribution in [1.29, 1.82) is 0 Å². The number of rotatable bonds is 5. The number of hydrogen-bond acceptors (Lipinski definition) is 3. The number of carboxylic acids is 1. The Kier molecular flexibility index (Phi) is 4.51. The lowest BCUT2D eigenvalue weighted by molar-refractivity contribution is -0.139. The van der Waals surface area contributed by atoms with Crippen molar-refractivity contribution in [3.05, 3.63) is 47.5 Å². The summed E-state index contributed by atoms with van der Waals surface area (Å²) in [7, 11) is 0. The SMILES string of the molecule is CC1=C(C(=O)Nc2ccc(OCC(=O)O)c3ccccc23)CCC1. The fraction of sp³-hybridized carbons (Fsp3) is 0.263. The first-order valence-corrected chi connectivity index (χ1v) is 7.92. The quantitative estimate of drug-likeness (QED) is 0.878. The van der Waals surface area contributed by atoms with Crippen molar-refractivity contribution in [2.75, 3.05) is 11.9 Å². The van der Waals surface area contributed by atoms with Crippen LogP contribution in [0.1, 0.15) is 26.2 Å². The topological polar surface area (TPSA) is 75.6 Å². The van der Waals surface area contributed by atoms with E-state index in [-0.39, 0.29) is 5.91 Å². The van der Waals surface area contributed by atoms with Crippen molar-refractivity contribution in [2.24, 2.45) is 0 Å². The molecule has 3 rings (SSSR count). The second kappa shape index (κ2) is 6.74. The molecule has 124 valence electrons. The number of amides is 1. The van der Waals surface area contributed by atoms with Gasteiger partial charge in [-0.05, 0) is 38.3 Å². The number of nitrogens with one attached hydrogen (secondary N) is 1. The molecule has 0 heterocycles. The van der Waals surface area contributed by atoms with Crippen LogP contribution in [-0.2, 0) is 9.59 Å². The van der Waals surface area contributed by atoms with Gasteiger partial charge >= 0.3 is 5.97 Å². The largest absolute Gasteiger partial charge is 0.481 e. The van der Waals surface area contributed by atoms with Gasteiger partial charge in [-0.25, -0.2) is 4.79 Å². The number of allylic oxidation sites excluding steroid dienone is 1. The summed E-state index contributed by atoms with van der Waals surface area (Å²) in [6.07, 6.45) is 2.82. The molecule has 2 aromatic carbocycles. The highest BCUT2D eigenvalue weighted by Gasteiger charge is 2.19. The lowest BCUT2D eigenvalue weighted by Crippen LogP contribution is -2.14. The van der Waals surface area contributed by atoms with Crippen LogP contribution in [0, 0.1) is 0 Å². The summed E-state index contributed by atoms with van der Waals surface area (Å²) in [6.45, 7) is 1.60. The Morgan fingerprint density at radius 2 is 1.88 bits per heavy atom. The van der Waals surface area contributed by atoms with E-state index < -0.39 is 12.6 Å². The minimum atomic E-state index is -1.03. The van der Waals surface area contributed by atoms with Gasteiger partial charge in [0, 0.05) is 22.0 Å². The number of ether oxygens (including phenoxy) is 1. The van der Waals surface area contributed by atoms with Crippen molar-refractivity contribution >= 4 is 28.3 Å². The molecule has 1 aliphatic rings. The van der Waals surface area contributed by atoms with E-state index in [0.29, 0.717) is 11.4 Å². The molecule has 0 atom stereocenters. The molecule has 0 fully saturated rings. The average molecular weight is 325 g/mol. The molecule has 5 nitrogen and oxygen atoms in total. The zero-order chi connectivity index (χ0) is 17.1. The number of carbonyl (C=O) groups excluding carboxylic acids is 1. The predicted octanol–water partition coefficient (Wildman–Crippen LogP) is 3.74. The number of carboxylic acid groups (broad SMARTS) is 1. The molecule has 2 aromatic rings. The molecule has 5 heteroatoms. The van der Waals surface area contributed by atoms with Crippen LogP contribution in [0.15, 0.2) is 47.5 Å². The van der Waals surface area contributed by atoms with Gasteiger partial charge in [0.1, 0.15) is 5.75 Å². The van der Waals surface area contributed by atoms with E-state index in [9.17, 15) is 9.59 Å². The summed E-state index contributed by atoms with van der Waals surface area (Å²) in [5.41, 5.74) is 2.72. The molecule has 0 aliphatic heterocycles. The fourth-order valence-electron chi connectivity index (χ4n) is 3.05. The normalized spacial score (nSPS) is 14.0. The van der Waals surface area contributed by atoms with Gasteiger partial charge < -0.3 is 15.2 Å². The number of fused-ring (bicyclic) bond motifs is 1. The maximum Gasteiger partial charge on any atom is 0.341 e. The van der Waals surface area contributed by atoms with E-state index >= 15 is 0 Å². The molecule has 0 spiro atoms. The van der Waals surface area contributed by atoms with E-state index in [4.69, 9.17) is 9.84 Å². The molecular formula is C19H19NO4. The van der Waals surface area contributed by atoms with E-state index in [1.54, 1.807) is 12.1 Å². The second-order valence-corrected chi connectivity index (χ2v) is 5.91. The molecule has 0 radical (unpaired) electrons. The van der Waals surface area contributed by atoms with Gasteiger partial charge in [0.15, 0.2) is 6.61 Å². The number of aliphatic carboxylic acids is 1. The van der Waals surface area contributed by atoms with Crippen LogP contribution in [0.2, 0.25) is 0 Å². The first-order chi connectivity index (χ1) is 11.6. The Morgan fingerprint density at radius 3 is 2.54 bits per heavy atom. The summed E-state index contributed by atoms with van der Waals surface area (Å²) < 4.78 is 5.34.